The molecule has 0 saturated carbocycles. The number of nitrogens with one attached hydrogen (secondary N) is 1. The molecule has 0 atom stereocenters. The summed E-state index contributed by atoms with van der Waals surface area (Å²) < 4.78 is 7.25. The van der Waals surface area contributed by atoms with Gasteiger partial charge >= 0.3 is 0 Å². The number of aromatic nitrogens is 2. The first-order valence-electron chi connectivity index (χ1n) is 11.6. The first-order valence-corrected chi connectivity index (χ1v) is 11.6. The zero-order chi connectivity index (χ0) is 24.9. The smallest absolute Gasteiger partial charge is 0.246 e. The molecule has 7 nitrogen and oxygen atoms in total. The number of nitrogens with zero attached hydrogens (tertiary/aromatic N) is 3. The van der Waals surface area contributed by atoms with Crippen molar-refractivity contribution >= 4 is 17.8 Å². The van der Waals surface area contributed by atoms with Gasteiger partial charge in [-0.3, -0.25) is 19.5 Å². The molecule has 0 aliphatic heterocycles. The second kappa shape index (κ2) is 10.4. The van der Waals surface area contributed by atoms with Crippen LogP contribution in [0.25, 0.3) is 16.9 Å². The standard InChI is InChI=1S/C28H30N4O3/c1-19(2)27(34)31(16-24-6-5-15-35-24)18-26(33)30-28-29-25(22-11-7-20(3)8-12-22)17-32(28)23-13-9-21(4)10-14-23/h5-15,17,19H,16,18H2,1-4H3,(H,29,30,33). The third kappa shape index (κ3) is 5.87. The summed E-state index contributed by atoms with van der Waals surface area (Å²) in [6, 6.07) is 19.6. The molecule has 2 amide bonds. The lowest BCUT2D eigenvalue weighted by molar-refractivity contribution is -0.138. The van der Waals surface area contributed by atoms with Gasteiger partial charge in [-0.1, -0.05) is 61.4 Å². The van der Waals surface area contributed by atoms with Crippen LogP contribution in [0.1, 0.15) is 30.7 Å². The Morgan fingerprint density at radius 2 is 1.66 bits per heavy atom. The van der Waals surface area contributed by atoms with Gasteiger partial charge in [0.2, 0.25) is 17.8 Å². The van der Waals surface area contributed by atoms with Crippen LogP contribution in [-0.4, -0.2) is 32.8 Å². The molecular weight excluding hydrogens is 440 g/mol. The minimum absolute atomic E-state index is 0.113. The van der Waals surface area contributed by atoms with Crippen LogP contribution >= 0.6 is 0 Å². The molecule has 0 fully saturated rings. The third-order valence-electron chi connectivity index (χ3n) is 5.68. The fraction of sp³-hybridized carbons (Fsp3) is 0.250. The number of rotatable bonds is 8. The highest BCUT2D eigenvalue weighted by Crippen LogP contribution is 2.25. The molecule has 0 aliphatic rings. The van der Waals surface area contributed by atoms with Crippen LogP contribution in [0.2, 0.25) is 0 Å². The predicted molar refractivity (Wildman–Crippen MR) is 136 cm³/mol. The number of benzene rings is 2. The number of hydrogen-bond acceptors (Lipinski definition) is 4. The van der Waals surface area contributed by atoms with Crippen molar-refractivity contribution in [2.45, 2.75) is 34.2 Å². The largest absolute Gasteiger partial charge is 0.467 e. The second-order valence-corrected chi connectivity index (χ2v) is 9.00. The summed E-state index contributed by atoms with van der Waals surface area (Å²) in [5, 5.41) is 2.92. The van der Waals surface area contributed by atoms with E-state index in [0.29, 0.717) is 11.7 Å². The number of carbonyl (C=O) groups is 2. The van der Waals surface area contributed by atoms with Gasteiger partial charge in [0.05, 0.1) is 18.5 Å². The lowest BCUT2D eigenvalue weighted by Crippen LogP contribution is -2.39. The molecule has 2 heterocycles. The van der Waals surface area contributed by atoms with E-state index < -0.39 is 0 Å². The van der Waals surface area contributed by atoms with Gasteiger partial charge in [-0.15, -0.1) is 0 Å². The Morgan fingerprint density at radius 3 is 2.26 bits per heavy atom. The number of aryl methyl sites for hydroxylation is 2. The van der Waals surface area contributed by atoms with Gasteiger partial charge in [0.1, 0.15) is 12.3 Å². The van der Waals surface area contributed by atoms with E-state index in [2.05, 4.69) is 5.32 Å². The molecule has 0 saturated heterocycles. The molecule has 0 radical (unpaired) electrons. The fourth-order valence-electron chi connectivity index (χ4n) is 3.74. The topological polar surface area (TPSA) is 80.4 Å². The molecule has 180 valence electrons. The number of furan rings is 1. The Hall–Kier alpha value is -4.13. The number of carbonyl (C=O) groups excluding carboxylic acids is 2. The summed E-state index contributed by atoms with van der Waals surface area (Å²) in [7, 11) is 0. The molecule has 35 heavy (non-hydrogen) atoms. The quantitative estimate of drug-likeness (QED) is 0.375. The minimum atomic E-state index is -0.333. The Balaban J connectivity index is 1.61. The van der Waals surface area contributed by atoms with Crippen LogP contribution in [0, 0.1) is 19.8 Å². The van der Waals surface area contributed by atoms with E-state index in [4.69, 9.17) is 9.40 Å². The summed E-state index contributed by atoms with van der Waals surface area (Å²) in [4.78, 5) is 32.1. The van der Waals surface area contributed by atoms with Crippen LogP contribution in [0.5, 0.6) is 0 Å². The van der Waals surface area contributed by atoms with Crippen LogP contribution in [-0.2, 0) is 16.1 Å². The molecule has 1 N–H and O–H groups in total. The van der Waals surface area contributed by atoms with Gasteiger partial charge in [0.15, 0.2) is 0 Å². The van der Waals surface area contributed by atoms with Crippen LogP contribution in [0.4, 0.5) is 5.95 Å². The van der Waals surface area contributed by atoms with Gasteiger partial charge in [-0.2, -0.15) is 0 Å². The summed E-state index contributed by atoms with van der Waals surface area (Å²) >= 11 is 0. The Bertz CT molecular complexity index is 1290. The maximum Gasteiger partial charge on any atom is 0.246 e. The lowest BCUT2D eigenvalue weighted by Gasteiger charge is -2.23. The maximum absolute atomic E-state index is 13.1. The molecular formula is C28H30N4O3. The van der Waals surface area contributed by atoms with Crippen molar-refractivity contribution in [1.29, 1.82) is 0 Å². The van der Waals surface area contributed by atoms with E-state index in [-0.39, 0.29) is 30.8 Å². The van der Waals surface area contributed by atoms with Crippen molar-refractivity contribution in [3.63, 3.8) is 0 Å². The molecule has 4 aromatic rings. The van der Waals surface area contributed by atoms with Crippen molar-refractivity contribution in [3.05, 3.63) is 90.0 Å². The van der Waals surface area contributed by atoms with Crippen molar-refractivity contribution in [3.8, 4) is 16.9 Å². The normalized spacial score (nSPS) is 11.0. The average Bonchev–Trinajstić information content (AvgIpc) is 3.49. The molecule has 0 aliphatic carbocycles. The molecule has 0 unspecified atom stereocenters. The average molecular weight is 471 g/mol. The molecule has 0 bridgehead atoms. The van der Waals surface area contributed by atoms with E-state index in [1.54, 1.807) is 18.4 Å². The molecule has 0 spiro atoms. The van der Waals surface area contributed by atoms with Gasteiger partial charge < -0.3 is 9.32 Å². The van der Waals surface area contributed by atoms with Gasteiger partial charge in [0.25, 0.3) is 0 Å². The minimum Gasteiger partial charge on any atom is -0.467 e. The lowest BCUT2D eigenvalue weighted by atomic mass is 10.1. The summed E-state index contributed by atoms with van der Waals surface area (Å²) in [6.45, 7) is 7.79. The monoisotopic (exact) mass is 470 g/mol. The zero-order valence-electron chi connectivity index (χ0n) is 20.5. The van der Waals surface area contributed by atoms with Crippen LogP contribution in [0.3, 0.4) is 0 Å². The van der Waals surface area contributed by atoms with Gasteiger partial charge in [-0.25, -0.2) is 4.98 Å². The highest BCUT2D eigenvalue weighted by Gasteiger charge is 2.22. The summed E-state index contributed by atoms with van der Waals surface area (Å²) in [5.41, 5.74) is 4.87. The summed E-state index contributed by atoms with van der Waals surface area (Å²) in [5.74, 6) is 0.304. The Labute approximate surface area is 205 Å². The summed E-state index contributed by atoms with van der Waals surface area (Å²) in [6.07, 6.45) is 3.46. The van der Waals surface area contributed by atoms with Crippen LogP contribution in [0.15, 0.2) is 77.5 Å². The van der Waals surface area contributed by atoms with E-state index in [1.807, 2.05) is 87.0 Å². The predicted octanol–water partition coefficient (Wildman–Crippen LogP) is 5.37. The van der Waals surface area contributed by atoms with Crippen molar-refractivity contribution in [2.75, 3.05) is 11.9 Å². The highest BCUT2D eigenvalue weighted by atomic mass is 16.3. The zero-order valence-corrected chi connectivity index (χ0v) is 20.5. The number of anilines is 1. The van der Waals surface area contributed by atoms with E-state index in [0.717, 1.165) is 28.1 Å². The van der Waals surface area contributed by atoms with E-state index >= 15 is 0 Å². The Morgan fingerprint density at radius 1 is 1.00 bits per heavy atom. The first kappa shape index (κ1) is 24.0. The first-order chi connectivity index (χ1) is 16.8. The van der Waals surface area contributed by atoms with E-state index in [9.17, 15) is 9.59 Å². The second-order valence-electron chi connectivity index (χ2n) is 9.00. The SMILES string of the molecule is Cc1ccc(-c2cn(-c3ccc(C)cc3)c(NC(=O)CN(Cc3ccco3)C(=O)C(C)C)n2)cc1. The molecule has 2 aromatic heterocycles. The van der Waals surface area contributed by atoms with Crippen molar-refractivity contribution in [1.82, 2.24) is 14.5 Å². The fourth-order valence-corrected chi connectivity index (χ4v) is 3.74. The van der Waals surface area contributed by atoms with Gasteiger partial charge in [0, 0.05) is 23.4 Å². The Kier molecular flexibility index (Phi) is 7.15. The third-order valence-corrected chi connectivity index (χ3v) is 5.68. The maximum atomic E-state index is 13.1. The molecule has 2 aromatic carbocycles. The van der Waals surface area contributed by atoms with E-state index in [1.165, 1.54) is 4.90 Å². The van der Waals surface area contributed by atoms with Crippen LogP contribution < -0.4 is 5.32 Å². The highest BCUT2D eigenvalue weighted by molar-refractivity contribution is 5.94. The van der Waals surface area contributed by atoms with Gasteiger partial charge in [-0.05, 0) is 38.1 Å². The number of amides is 2. The van der Waals surface area contributed by atoms with Crippen molar-refractivity contribution < 1.29 is 14.0 Å². The number of hydrogen-bond donors (Lipinski definition) is 1. The molecule has 7 heteroatoms. The van der Waals surface area contributed by atoms with Crippen molar-refractivity contribution in [2.24, 2.45) is 5.92 Å². The molecule has 4 rings (SSSR count). The number of imidazole rings is 1.